The lowest BCUT2D eigenvalue weighted by atomic mass is 9.62. The lowest BCUT2D eigenvalue weighted by molar-refractivity contribution is -0.141. The molecule has 180 valence electrons. The normalized spacial score (nSPS) is 23.7. The highest BCUT2D eigenvalue weighted by atomic mass is 19.1. The summed E-state index contributed by atoms with van der Waals surface area (Å²) in [5.41, 5.74) is 0.219. The Labute approximate surface area is 197 Å². The van der Waals surface area contributed by atoms with E-state index in [1.165, 1.54) is 24.3 Å². The van der Waals surface area contributed by atoms with Crippen molar-refractivity contribution in [1.82, 2.24) is 10.2 Å². The second-order valence-electron chi connectivity index (χ2n) is 10.2. The zero-order valence-electron chi connectivity index (χ0n) is 19.1. The van der Waals surface area contributed by atoms with Gasteiger partial charge in [-0.15, -0.1) is 0 Å². The van der Waals surface area contributed by atoms with Crippen molar-refractivity contribution in [1.29, 1.82) is 0 Å². The van der Waals surface area contributed by atoms with Crippen molar-refractivity contribution in [3.63, 3.8) is 0 Å². The molecule has 1 aliphatic carbocycles. The van der Waals surface area contributed by atoms with Gasteiger partial charge in [0.05, 0.1) is 5.41 Å². The van der Waals surface area contributed by atoms with Crippen LogP contribution < -0.4 is 5.32 Å². The molecule has 2 aromatic carbocycles. The van der Waals surface area contributed by atoms with Gasteiger partial charge < -0.3 is 10.2 Å². The Morgan fingerprint density at radius 1 is 0.882 bits per heavy atom. The largest absolute Gasteiger partial charge is 0.355 e. The Morgan fingerprint density at radius 3 is 2.12 bits per heavy atom. The van der Waals surface area contributed by atoms with Crippen LogP contribution in [0.1, 0.15) is 62.0 Å². The molecule has 1 atom stereocenters. The number of amides is 2. The number of carbonyl (C=O) groups excluding carboxylic acids is 2. The van der Waals surface area contributed by atoms with Crippen LogP contribution in [0.2, 0.25) is 0 Å². The average Bonchev–Trinajstić information content (AvgIpc) is 3.31. The van der Waals surface area contributed by atoms with E-state index >= 15 is 0 Å². The molecule has 2 amide bonds. The molecule has 1 saturated carbocycles. The Morgan fingerprint density at radius 2 is 1.50 bits per heavy atom. The number of halogens is 3. The van der Waals surface area contributed by atoms with E-state index in [-0.39, 0.29) is 29.0 Å². The first-order chi connectivity index (χ1) is 16.3. The number of benzene rings is 2. The first kappa shape index (κ1) is 22.9. The Bertz CT molecular complexity index is 1070. The van der Waals surface area contributed by atoms with Gasteiger partial charge in [0.25, 0.3) is 0 Å². The first-order valence-electron chi connectivity index (χ1n) is 12.1. The van der Waals surface area contributed by atoms with Crippen LogP contribution >= 0.6 is 0 Å². The zero-order chi connectivity index (χ0) is 23.9. The third-order valence-corrected chi connectivity index (χ3v) is 8.36. The standard InChI is InChI=1S/C27H29F3N2O2/c28-20-5-3-18(4-6-20)23-17-31-24(33)16-26(23)9-11-32(12-10-26)25(34)27(7-1-2-8-27)19-13-21(29)15-22(30)14-19/h3-6,13-15,23H,1-2,7-12,16-17H2,(H,31,33). The zero-order valence-corrected chi connectivity index (χ0v) is 19.1. The van der Waals surface area contributed by atoms with Crippen molar-refractivity contribution < 1.29 is 22.8 Å². The van der Waals surface area contributed by atoms with E-state index in [1.54, 1.807) is 12.1 Å². The minimum absolute atomic E-state index is 0.000590. The van der Waals surface area contributed by atoms with Gasteiger partial charge in [-0.1, -0.05) is 25.0 Å². The Kier molecular flexibility index (Phi) is 5.90. The quantitative estimate of drug-likeness (QED) is 0.699. The summed E-state index contributed by atoms with van der Waals surface area (Å²) < 4.78 is 41.6. The molecule has 3 aliphatic rings. The molecular formula is C27H29F3N2O2. The van der Waals surface area contributed by atoms with Crippen LogP contribution in [0, 0.1) is 22.9 Å². The van der Waals surface area contributed by atoms with Crippen molar-refractivity contribution in [2.24, 2.45) is 5.41 Å². The van der Waals surface area contributed by atoms with Crippen molar-refractivity contribution in [2.75, 3.05) is 19.6 Å². The van der Waals surface area contributed by atoms with Gasteiger partial charge in [-0.3, -0.25) is 9.59 Å². The van der Waals surface area contributed by atoms with Crippen LogP contribution in [0.25, 0.3) is 0 Å². The number of hydrogen-bond donors (Lipinski definition) is 1. The third-order valence-electron chi connectivity index (χ3n) is 8.36. The first-order valence-corrected chi connectivity index (χ1v) is 12.1. The van der Waals surface area contributed by atoms with Crippen LogP contribution in [0.3, 0.4) is 0 Å². The molecule has 0 aromatic heterocycles. The van der Waals surface area contributed by atoms with Crippen molar-refractivity contribution >= 4 is 11.8 Å². The summed E-state index contributed by atoms with van der Waals surface area (Å²) in [6.45, 7) is 1.47. The van der Waals surface area contributed by atoms with E-state index in [9.17, 15) is 22.8 Å². The molecule has 34 heavy (non-hydrogen) atoms. The predicted octanol–water partition coefficient (Wildman–Crippen LogP) is 4.83. The number of carbonyl (C=O) groups is 2. The molecule has 1 N–H and O–H groups in total. The highest BCUT2D eigenvalue weighted by Gasteiger charge is 2.50. The maximum atomic E-state index is 14.0. The van der Waals surface area contributed by atoms with Gasteiger partial charge in [0.2, 0.25) is 11.8 Å². The smallest absolute Gasteiger partial charge is 0.233 e. The lowest BCUT2D eigenvalue weighted by Crippen LogP contribution is -2.55. The van der Waals surface area contributed by atoms with Gasteiger partial charge in [0, 0.05) is 38.0 Å². The molecule has 4 nitrogen and oxygen atoms in total. The number of nitrogens with zero attached hydrogens (tertiary/aromatic N) is 1. The van der Waals surface area contributed by atoms with E-state index in [4.69, 9.17) is 0 Å². The predicted molar refractivity (Wildman–Crippen MR) is 122 cm³/mol. The summed E-state index contributed by atoms with van der Waals surface area (Å²) in [6.07, 6.45) is 4.53. The molecule has 2 heterocycles. The molecule has 2 saturated heterocycles. The molecule has 1 unspecified atom stereocenters. The highest BCUT2D eigenvalue weighted by Crippen LogP contribution is 2.50. The minimum Gasteiger partial charge on any atom is -0.355 e. The fourth-order valence-electron chi connectivity index (χ4n) is 6.52. The van der Waals surface area contributed by atoms with Gasteiger partial charge >= 0.3 is 0 Å². The fraction of sp³-hybridized carbons (Fsp3) is 0.481. The molecule has 2 aliphatic heterocycles. The summed E-state index contributed by atoms with van der Waals surface area (Å²) >= 11 is 0. The number of hydrogen-bond acceptors (Lipinski definition) is 2. The number of nitrogens with one attached hydrogen (secondary N) is 1. The summed E-state index contributed by atoms with van der Waals surface area (Å²) in [5, 5.41) is 2.95. The SMILES string of the molecule is O=C1CC2(CCN(C(=O)C3(c4cc(F)cc(F)c4)CCCC3)CC2)C(c2ccc(F)cc2)CN1. The van der Waals surface area contributed by atoms with E-state index in [1.807, 2.05) is 4.90 Å². The van der Waals surface area contributed by atoms with Gasteiger partial charge in [0.1, 0.15) is 17.5 Å². The molecule has 7 heteroatoms. The van der Waals surface area contributed by atoms with Crippen LogP contribution in [0.5, 0.6) is 0 Å². The van der Waals surface area contributed by atoms with Gasteiger partial charge in [0.15, 0.2) is 0 Å². The van der Waals surface area contributed by atoms with Crippen molar-refractivity contribution in [3.8, 4) is 0 Å². The highest BCUT2D eigenvalue weighted by molar-refractivity contribution is 5.89. The molecular weight excluding hydrogens is 441 g/mol. The summed E-state index contributed by atoms with van der Waals surface area (Å²) in [4.78, 5) is 28.0. The van der Waals surface area contributed by atoms with E-state index in [0.29, 0.717) is 57.3 Å². The average molecular weight is 471 g/mol. The van der Waals surface area contributed by atoms with Crippen LogP contribution in [0.4, 0.5) is 13.2 Å². The van der Waals surface area contributed by atoms with Gasteiger partial charge in [-0.2, -0.15) is 0 Å². The maximum absolute atomic E-state index is 14.0. The fourth-order valence-corrected chi connectivity index (χ4v) is 6.52. The summed E-state index contributed by atoms with van der Waals surface area (Å²) in [6, 6.07) is 9.89. The van der Waals surface area contributed by atoms with E-state index in [0.717, 1.165) is 24.5 Å². The van der Waals surface area contributed by atoms with Crippen molar-refractivity contribution in [3.05, 3.63) is 71.0 Å². The number of rotatable bonds is 3. The number of piperidine rings is 2. The van der Waals surface area contributed by atoms with Crippen LogP contribution in [0.15, 0.2) is 42.5 Å². The second kappa shape index (κ2) is 8.75. The van der Waals surface area contributed by atoms with Crippen LogP contribution in [-0.4, -0.2) is 36.3 Å². The number of likely N-dealkylation sites (tertiary alicyclic amines) is 1. The van der Waals surface area contributed by atoms with Crippen LogP contribution in [-0.2, 0) is 15.0 Å². The molecule has 1 spiro atoms. The summed E-state index contributed by atoms with van der Waals surface area (Å²) in [5.74, 6) is -1.65. The van der Waals surface area contributed by atoms with E-state index < -0.39 is 17.0 Å². The molecule has 2 aromatic rings. The summed E-state index contributed by atoms with van der Waals surface area (Å²) in [7, 11) is 0. The third kappa shape index (κ3) is 3.99. The van der Waals surface area contributed by atoms with Gasteiger partial charge in [-0.05, 0) is 66.5 Å². The van der Waals surface area contributed by atoms with Crippen molar-refractivity contribution in [2.45, 2.75) is 56.3 Å². The minimum atomic E-state index is -0.895. The van der Waals surface area contributed by atoms with Gasteiger partial charge in [-0.25, -0.2) is 13.2 Å². The second-order valence-corrected chi connectivity index (χ2v) is 10.2. The Balaban J connectivity index is 1.39. The Hall–Kier alpha value is -2.83. The van der Waals surface area contributed by atoms with E-state index in [2.05, 4.69) is 5.32 Å². The molecule has 5 rings (SSSR count). The monoisotopic (exact) mass is 470 g/mol. The molecule has 3 fully saturated rings. The maximum Gasteiger partial charge on any atom is 0.233 e. The lowest BCUT2D eigenvalue weighted by Gasteiger charge is -2.50. The topological polar surface area (TPSA) is 49.4 Å². The molecule has 0 bridgehead atoms. The molecule has 0 radical (unpaired) electrons.